The van der Waals surface area contributed by atoms with E-state index in [9.17, 15) is 4.79 Å². The number of likely N-dealkylation sites (tertiary alicyclic amines) is 1. The summed E-state index contributed by atoms with van der Waals surface area (Å²) in [4.78, 5) is 14.2. The first-order valence-corrected chi connectivity index (χ1v) is 7.83. The molecular weight excluding hydrogens is 248 g/mol. The van der Waals surface area contributed by atoms with Crippen molar-refractivity contribution in [2.45, 2.75) is 50.5 Å². The van der Waals surface area contributed by atoms with E-state index in [2.05, 4.69) is 24.3 Å². The molecule has 20 heavy (non-hydrogen) atoms. The van der Waals surface area contributed by atoms with Gasteiger partial charge in [-0.3, -0.25) is 4.79 Å². The van der Waals surface area contributed by atoms with E-state index in [1.54, 1.807) is 0 Å². The van der Waals surface area contributed by atoms with Gasteiger partial charge in [-0.15, -0.1) is 0 Å². The summed E-state index contributed by atoms with van der Waals surface area (Å²) in [6, 6.07) is 8.49. The summed E-state index contributed by atoms with van der Waals surface area (Å²) in [5.41, 5.74) is 8.63. The number of carbonyl (C=O) groups is 1. The van der Waals surface area contributed by atoms with E-state index in [0.29, 0.717) is 12.3 Å². The van der Waals surface area contributed by atoms with E-state index in [-0.39, 0.29) is 5.54 Å². The standard InChI is InChI=1S/C17H24N2O/c18-17(9-10-17)15-6-4-5-14(13-15)7-8-16(20)19-11-2-1-3-12-19/h4-6,13H,1-3,7-12,18H2. The van der Waals surface area contributed by atoms with Crippen molar-refractivity contribution in [1.82, 2.24) is 4.90 Å². The minimum Gasteiger partial charge on any atom is -0.343 e. The molecule has 3 heteroatoms. The topological polar surface area (TPSA) is 46.3 Å². The summed E-state index contributed by atoms with van der Waals surface area (Å²) in [6.45, 7) is 1.90. The zero-order valence-corrected chi connectivity index (χ0v) is 12.1. The fourth-order valence-corrected chi connectivity index (χ4v) is 3.01. The zero-order valence-electron chi connectivity index (χ0n) is 12.1. The molecular formula is C17H24N2O. The van der Waals surface area contributed by atoms with Crippen LogP contribution in [0.25, 0.3) is 0 Å². The Labute approximate surface area is 121 Å². The van der Waals surface area contributed by atoms with Gasteiger partial charge in [0.15, 0.2) is 0 Å². The van der Waals surface area contributed by atoms with E-state index in [0.717, 1.165) is 45.2 Å². The molecule has 1 saturated heterocycles. The summed E-state index contributed by atoms with van der Waals surface area (Å²) < 4.78 is 0. The highest BCUT2D eigenvalue weighted by Gasteiger charge is 2.39. The number of carbonyl (C=O) groups excluding carboxylic acids is 1. The molecule has 1 aromatic rings. The van der Waals surface area contributed by atoms with Crippen LogP contribution in [0, 0.1) is 0 Å². The quantitative estimate of drug-likeness (QED) is 0.915. The van der Waals surface area contributed by atoms with Crippen LogP contribution in [0.4, 0.5) is 0 Å². The smallest absolute Gasteiger partial charge is 0.222 e. The predicted octanol–water partition coefficient (Wildman–Crippen LogP) is 2.58. The van der Waals surface area contributed by atoms with Crippen LogP contribution in [0.1, 0.15) is 49.7 Å². The molecule has 1 saturated carbocycles. The maximum Gasteiger partial charge on any atom is 0.222 e. The van der Waals surface area contributed by atoms with Crippen molar-refractivity contribution in [2.75, 3.05) is 13.1 Å². The number of amides is 1. The van der Waals surface area contributed by atoms with Crippen LogP contribution in [-0.4, -0.2) is 23.9 Å². The van der Waals surface area contributed by atoms with Gasteiger partial charge >= 0.3 is 0 Å². The summed E-state index contributed by atoms with van der Waals surface area (Å²) in [6.07, 6.45) is 7.23. The Bertz CT molecular complexity index is 488. The van der Waals surface area contributed by atoms with Gasteiger partial charge in [-0.25, -0.2) is 0 Å². The minimum atomic E-state index is -0.0765. The SMILES string of the molecule is NC1(c2cccc(CCC(=O)N3CCCCC3)c2)CC1. The normalized spacial score (nSPS) is 20.8. The molecule has 0 bridgehead atoms. The first-order chi connectivity index (χ1) is 9.67. The summed E-state index contributed by atoms with van der Waals surface area (Å²) in [5, 5.41) is 0. The maximum absolute atomic E-state index is 12.2. The molecule has 0 radical (unpaired) electrons. The highest BCUT2D eigenvalue weighted by molar-refractivity contribution is 5.76. The van der Waals surface area contributed by atoms with Gasteiger partial charge in [0.25, 0.3) is 0 Å². The second-order valence-corrected chi connectivity index (χ2v) is 6.30. The highest BCUT2D eigenvalue weighted by atomic mass is 16.2. The molecule has 2 aliphatic rings. The summed E-state index contributed by atoms with van der Waals surface area (Å²) >= 11 is 0. The average molecular weight is 272 g/mol. The van der Waals surface area contributed by atoms with Crippen LogP contribution < -0.4 is 5.73 Å². The van der Waals surface area contributed by atoms with Crippen molar-refractivity contribution in [2.24, 2.45) is 5.73 Å². The molecule has 0 spiro atoms. The van der Waals surface area contributed by atoms with E-state index in [1.165, 1.54) is 17.5 Å². The third-order valence-corrected chi connectivity index (χ3v) is 4.63. The molecule has 1 amide bonds. The highest BCUT2D eigenvalue weighted by Crippen LogP contribution is 2.42. The van der Waals surface area contributed by atoms with E-state index >= 15 is 0 Å². The molecule has 108 valence electrons. The number of piperidine rings is 1. The molecule has 3 rings (SSSR count). The van der Waals surface area contributed by atoms with E-state index < -0.39 is 0 Å². The number of benzene rings is 1. The molecule has 3 nitrogen and oxygen atoms in total. The lowest BCUT2D eigenvalue weighted by Crippen LogP contribution is -2.35. The minimum absolute atomic E-state index is 0.0765. The molecule has 0 atom stereocenters. The van der Waals surface area contributed by atoms with Crippen molar-refractivity contribution in [3.05, 3.63) is 35.4 Å². The molecule has 0 unspecified atom stereocenters. The first kappa shape index (κ1) is 13.6. The lowest BCUT2D eigenvalue weighted by Gasteiger charge is -2.26. The van der Waals surface area contributed by atoms with E-state index in [1.807, 2.05) is 4.90 Å². The van der Waals surface area contributed by atoms with Gasteiger partial charge in [0.05, 0.1) is 0 Å². The Kier molecular flexibility index (Phi) is 3.79. The van der Waals surface area contributed by atoms with Crippen LogP contribution in [-0.2, 0) is 16.8 Å². The monoisotopic (exact) mass is 272 g/mol. The maximum atomic E-state index is 12.2. The lowest BCUT2D eigenvalue weighted by molar-refractivity contribution is -0.132. The van der Waals surface area contributed by atoms with Crippen LogP contribution in [0.5, 0.6) is 0 Å². The van der Waals surface area contributed by atoms with Crippen LogP contribution in [0.2, 0.25) is 0 Å². The molecule has 1 aliphatic carbocycles. The van der Waals surface area contributed by atoms with Crippen LogP contribution in [0.15, 0.2) is 24.3 Å². The van der Waals surface area contributed by atoms with Crippen molar-refractivity contribution < 1.29 is 4.79 Å². The first-order valence-electron chi connectivity index (χ1n) is 7.83. The zero-order chi connectivity index (χ0) is 14.0. The number of rotatable bonds is 4. The third kappa shape index (κ3) is 3.04. The Morgan fingerprint density at radius 1 is 1.20 bits per heavy atom. The second kappa shape index (κ2) is 5.57. The number of nitrogens with zero attached hydrogens (tertiary/aromatic N) is 1. The van der Waals surface area contributed by atoms with Gasteiger partial charge in [0.2, 0.25) is 5.91 Å². The van der Waals surface area contributed by atoms with Crippen molar-refractivity contribution in [1.29, 1.82) is 0 Å². The van der Waals surface area contributed by atoms with Crippen molar-refractivity contribution in [3.63, 3.8) is 0 Å². The number of nitrogens with two attached hydrogens (primary N) is 1. The third-order valence-electron chi connectivity index (χ3n) is 4.63. The molecule has 2 fully saturated rings. The van der Waals surface area contributed by atoms with Gasteiger partial charge in [0.1, 0.15) is 0 Å². The van der Waals surface area contributed by atoms with Crippen molar-refractivity contribution in [3.8, 4) is 0 Å². The molecule has 1 heterocycles. The summed E-state index contributed by atoms with van der Waals surface area (Å²) in [5.74, 6) is 0.309. The number of hydrogen-bond acceptors (Lipinski definition) is 2. The van der Waals surface area contributed by atoms with Gasteiger partial charge in [-0.05, 0) is 49.7 Å². The van der Waals surface area contributed by atoms with Gasteiger partial charge < -0.3 is 10.6 Å². The fraction of sp³-hybridized carbons (Fsp3) is 0.588. The Hall–Kier alpha value is -1.35. The molecule has 1 aromatic carbocycles. The van der Waals surface area contributed by atoms with E-state index in [4.69, 9.17) is 5.73 Å². The average Bonchev–Trinajstić information content (AvgIpc) is 3.25. The Morgan fingerprint density at radius 3 is 2.65 bits per heavy atom. The largest absolute Gasteiger partial charge is 0.343 e. The van der Waals surface area contributed by atoms with Gasteiger partial charge in [0, 0.05) is 25.0 Å². The second-order valence-electron chi connectivity index (χ2n) is 6.30. The van der Waals surface area contributed by atoms with Crippen molar-refractivity contribution >= 4 is 5.91 Å². The predicted molar refractivity (Wildman–Crippen MR) is 80.3 cm³/mol. The Balaban J connectivity index is 1.56. The van der Waals surface area contributed by atoms with Crippen LogP contribution in [0.3, 0.4) is 0 Å². The van der Waals surface area contributed by atoms with Crippen LogP contribution >= 0.6 is 0 Å². The summed E-state index contributed by atoms with van der Waals surface area (Å²) in [7, 11) is 0. The Morgan fingerprint density at radius 2 is 1.95 bits per heavy atom. The molecule has 1 aliphatic heterocycles. The number of hydrogen-bond donors (Lipinski definition) is 1. The van der Waals surface area contributed by atoms with Gasteiger partial charge in [-0.2, -0.15) is 0 Å². The lowest BCUT2D eigenvalue weighted by atomic mass is 10.00. The molecule has 2 N–H and O–H groups in total. The van der Waals surface area contributed by atoms with Gasteiger partial charge in [-0.1, -0.05) is 24.3 Å². The fourth-order valence-electron chi connectivity index (χ4n) is 3.01. The number of aryl methyl sites for hydroxylation is 1. The molecule has 0 aromatic heterocycles.